The average molecular weight is 119 g/mol. The fourth-order valence-corrected chi connectivity index (χ4v) is 0.485. The summed E-state index contributed by atoms with van der Waals surface area (Å²) < 4.78 is 0. The highest BCUT2D eigenvalue weighted by Gasteiger charge is 1.98. The van der Waals surface area contributed by atoms with Crippen LogP contribution in [0.25, 0.3) is 0 Å². The van der Waals surface area contributed by atoms with Crippen LogP contribution in [-0.2, 0) is 0 Å². The van der Waals surface area contributed by atoms with Crippen molar-refractivity contribution in [3.8, 4) is 6.07 Å². The van der Waals surface area contributed by atoms with Crippen LogP contribution in [0.5, 0.6) is 0 Å². The van der Waals surface area contributed by atoms with Gasteiger partial charge in [-0.1, -0.05) is 0 Å². The van der Waals surface area contributed by atoms with Crippen LogP contribution in [0.3, 0.4) is 0 Å². The molecule has 0 bridgehead atoms. The number of nitriles is 1. The highest BCUT2D eigenvalue weighted by atomic mass is 15.0. The molecule has 0 aromatic rings. The molecule has 9 heavy (non-hydrogen) atoms. The van der Waals surface area contributed by atoms with E-state index >= 15 is 0 Å². The molecule has 1 rings (SSSR count). The molecular formula is C6H5N3. The maximum atomic E-state index is 8.34. The van der Waals surface area contributed by atoms with Crippen molar-refractivity contribution in [3.05, 3.63) is 11.4 Å². The van der Waals surface area contributed by atoms with E-state index in [0.717, 1.165) is 0 Å². The minimum Gasteiger partial charge on any atom is -0.235 e. The Morgan fingerprint density at radius 1 is 1.56 bits per heavy atom. The largest absolute Gasteiger partial charge is 0.235 e. The molecule has 0 radical (unpaired) electrons. The molecule has 0 fully saturated rings. The van der Waals surface area contributed by atoms with Gasteiger partial charge in [-0.15, -0.1) is 0 Å². The Balaban J connectivity index is 2.98. The van der Waals surface area contributed by atoms with Gasteiger partial charge in [-0.3, -0.25) is 0 Å². The lowest BCUT2D eigenvalue weighted by Gasteiger charge is -1.85. The summed E-state index contributed by atoms with van der Waals surface area (Å²) in [6.07, 6.45) is 3.13. The van der Waals surface area contributed by atoms with Gasteiger partial charge in [0.05, 0.1) is 11.6 Å². The van der Waals surface area contributed by atoms with Crippen LogP contribution in [0.15, 0.2) is 21.4 Å². The Hall–Kier alpha value is -1.43. The molecule has 0 spiro atoms. The van der Waals surface area contributed by atoms with Gasteiger partial charge in [0.1, 0.15) is 0 Å². The Kier molecular flexibility index (Phi) is 1.41. The van der Waals surface area contributed by atoms with Gasteiger partial charge in [-0.25, -0.2) is 9.98 Å². The fourth-order valence-electron chi connectivity index (χ4n) is 0.485. The van der Waals surface area contributed by atoms with Crippen molar-refractivity contribution in [2.45, 2.75) is 6.92 Å². The fraction of sp³-hybridized carbons (Fsp3) is 0.167. The maximum absolute atomic E-state index is 8.34. The summed E-state index contributed by atoms with van der Waals surface area (Å²) in [5, 5.41) is 8.34. The third-order valence-electron chi connectivity index (χ3n) is 0.963. The van der Waals surface area contributed by atoms with Gasteiger partial charge in [-0.05, 0) is 6.92 Å². The van der Waals surface area contributed by atoms with Gasteiger partial charge >= 0.3 is 0 Å². The molecule has 3 nitrogen and oxygen atoms in total. The molecule has 1 heterocycles. The molecule has 0 unspecified atom stereocenters. The second-order valence-electron chi connectivity index (χ2n) is 1.62. The topological polar surface area (TPSA) is 48.5 Å². The Bertz CT molecular complexity index is 226. The molecule has 0 N–H and O–H groups in total. The van der Waals surface area contributed by atoms with Crippen LogP contribution < -0.4 is 0 Å². The second-order valence-corrected chi connectivity index (χ2v) is 1.62. The Morgan fingerprint density at radius 2 is 2.11 bits per heavy atom. The number of rotatable bonds is 0. The Labute approximate surface area is 53.1 Å². The summed E-state index contributed by atoms with van der Waals surface area (Å²) in [6.45, 7) is 1.69. The zero-order valence-corrected chi connectivity index (χ0v) is 5.00. The lowest BCUT2D eigenvalue weighted by atomic mass is 10.3. The third kappa shape index (κ3) is 1.03. The van der Waals surface area contributed by atoms with Crippen LogP contribution in [0.1, 0.15) is 6.92 Å². The van der Waals surface area contributed by atoms with Gasteiger partial charge in [0.15, 0.2) is 5.82 Å². The molecule has 0 aliphatic carbocycles. The summed E-state index contributed by atoms with van der Waals surface area (Å²) in [5.74, 6) is 0.525. The van der Waals surface area contributed by atoms with Gasteiger partial charge in [0.2, 0.25) is 0 Å². The van der Waals surface area contributed by atoms with E-state index in [9.17, 15) is 0 Å². The standard InChI is InChI=1S/C6H5N3/c1-5(4-7)6-8-2-3-9-6/h2-3H,1H3. The summed E-state index contributed by atoms with van der Waals surface area (Å²) in [5.41, 5.74) is 0.556. The molecule has 0 saturated carbocycles. The first kappa shape index (κ1) is 5.70. The molecule has 0 atom stereocenters. The second kappa shape index (κ2) is 2.23. The van der Waals surface area contributed by atoms with E-state index in [1.807, 2.05) is 6.07 Å². The van der Waals surface area contributed by atoms with Gasteiger partial charge in [-0.2, -0.15) is 5.26 Å². The predicted molar refractivity (Wildman–Crippen MR) is 35.3 cm³/mol. The quantitative estimate of drug-likeness (QED) is 0.437. The lowest BCUT2D eigenvalue weighted by Crippen LogP contribution is -1.73. The van der Waals surface area contributed by atoms with E-state index < -0.39 is 0 Å². The maximum Gasteiger partial charge on any atom is 0.165 e. The van der Waals surface area contributed by atoms with Crippen molar-refractivity contribution in [2.24, 2.45) is 9.98 Å². The molecule has 1 aliphatic heterocycles. The number of nitrogens with zero attached hydrogens (tertiary/aromatic N) is 3. The number of allylic oxidation sites excluding steroid dienone is 1. The predicted octanol–water partition coefficient (Wildman–Crippen LogP) is 0.897. The van der Waals surface area contributed by atoms with E-state index in [2.05, 4.69) is 9.98 Å². The van der Waals surface area contributed by atoms with E-state index in [1.54, 1.807) is 19.4 Å². The zero-order valence-electron chi connectivity index (χ0n) is 5.00. The minimum absolute atomic E-state index is 0.525. The molecule has 0 aromatic heterocycles. The number of aliphatic imine (C=N–C) groups is 2. The lowest BCUT2D eigenvalue weighted by molar-refractivity contribution is 1.22. The average Bonchev–Trinajstić information content (AvgIpc) is 2.37. The van der Waals surface area contributed by atoms with E-state index in [0.29, 0.717) is 11.4 Å². The van der Waals surface area contributed by atoms with Crippen molar-refractivity contribution < 1.29 is 0 Å². The van der Waals surface area contributed by atoms with E-state index in [4.69, 9.17) is 5.26 Å². The highest BCUT2D eigenvalue weighted by molar-refractivity contribution is 6.18. The number of hydrogen-bond acceptors (Lipinski definition) is 3. The van der Waals surface area contributed by atoms with Crippen LogP contribution in [0, 0.1) is 11.3 Å². The Morgan fingerprint density at radius 3 is 2.56 bits per heavy atom. The van der Waals surface area contributed by atoms with Gasteiger partial charge in [0.25, 0.3) is 0 Å². The summed E-state index contributed by atoms with van der Waals surface area (Å²) in [4.78, 5) is 7.63. The van der Waals surface area contributed by atoms with E-state index in [1.165, 1.54) is 0 Å². The SMILES string of the molecule is CC(C#N)=C1N=CC=N1. The molecule has 0 aromatic carbocycles. The monoisotopic (exact) mass is 119 g/mol. The third-order valence-corrected chi connectivity index (χ3v) is 0.963. The van der Waals surface area contributed by atoms with Crippen LogP contribution in [0.4, 0.5) is 0 Å². The molecular weight excluding hydrogens is 114 g/mol. The summed E-state index contributed by atoms with van der Waals surface area (Å²) in [6, 6.07) is 1.96. The normalized spacial score (nSPS) is 14.0. The van der Waals surface area contributed by atoms with Crippen LogP contribution in [0.2, 0.25) is 0 Å². The van der Waals surface area contributed by atoms with Crippen molar-refractivity contribution in [3.63, 3.8) is 0 Å². The smallest absolute Gasteiger partial charge is 0.165 e. The summed E-state index contributed by atoms with van der Waals surface area (Å²) >= 11 is 0. The van der Waals surface area contributed by atoms with Gasteiger partial charge < -0.3 is 0 Å². The van der Waals surface area contributed by atoms with Crippen molar-refractivity contribution in [1.82, 2.24) is 0 Å². The molecule has 1 aliphatic rings. The van der Waals surface area contributed by atoms with Crippen molar-refractivity contribution in [2.75, 3.05) is 0 Å². The summed E-state index contributed by atoms with van der Waals surface area (Å²) in [7, 11) is 0. The molecule has 44 valence electrons. The molecule has 0 saturated heterocycles. The highest BCUT2D eigenvalue weighted by Crippen LogP contribution is 2.07. The number of hydrogen-bond donors (Lipinski definition) is 0. The first-order chi connectivity index (χ1) is 4.34. The van der Waals surface area contributed by atoms with Crippen molar-refractivity contribution in [1.29, 1.82) is 5.26 Å². The first-order valence-electron chi connectivity index (χ1n) is 2.52. The molecule has 0 amide bonds. The van der Waals surface area contributed by atoms with E-state index in [-0.39, 0.29) is 0 Å². The minimum atomic E-state index is 0.525. The van der Waals surface area contributed by atoms with Crippen LogP contribution >= 0.6 is 0 Å². The van der Waals surface area contributed by atoms with Gasteiger partial charge in [0, 0.05) is 12.4 Å². The first-order valence-corrected chi connectivity index (χ1v) is 2.52. The van der Waals surface area contributed by atoms with Crippen molar-refractivity contribution >= 4 is 12.4 Å². The molecule has 3 heteroatoms. The van der Waals surface area contributed by atoms with Crippen LogP contribution in [-0.4, -0.2) is 12.4 Å². The zero-order chi connectivity index (χ0) is 6.69.